The highest BCUT2D eigenvalue weighted by atomic mass is 32.2. The summed E-state index contributed by atoms with van der Waals surface area (Å²) in [6.07, 6.45) is 4.38. The number of nitrogens with zero attached hydrogens (tertiary/aromatic N) is 2. The van der Waals surface area contributed by atoms with Gasteiger partial charge in [-0.1, -0.05) is 30.0 Å². The number of rotatable bonds is 7. The first-order valence-corrected chi connectivity index (χ1v) is 8.59. The second-order valence-corrected chi connectivity index (χ2v) is 5.91. The summed E-state index contributed by atoms with van der Waals surface area (Å²) >= 11 is 1.33. The van der Waals surface area contributed by atoms with E-state index in [4.69, 9.17) is 13.9 Å². The molecule has 0 N–H and O–H groups in total. The van der Waals surface area contributed by atoms with Crippen LogP contribution in [-0.4, -0.2) is 22.5 Å². The molecule has 132 valence electrons. The number of aromatic nitrogens is 2. The predicted octanol–water partition coefficient (Wildman–Crippen LogP) is 2.71. The molecule has 0 spiro atoms. The van der Waals surface area contributed by atoms with Gasteiger partial charge in [-0.2, -0.15) is 0 Å². The molecule has 3 rings (SSSR count). The Balaban J connectivity index is 1.54. The van der Waals surface area contributed by atoms with Gasteiger partial charge in [-0.3, -0.25) is 4.79 Å². The van der Waals surface area contributed by atoms with Crippen LogP contribution in [-0.2, 0) is 10.5 Å². The van der Waals surface area contributed by atoms with Crippen LogP contribution in [0, 0.1) is 0 Å². The fourth-order valence-electron chi connectivity index (χ4n) is 1.90. The van der Waals surface area contributed by atoms with Crippen molar-refractivity contribution in [2.24, 2.45) is 0 Å². The van der Waals surface area contributed by atoms with Crippen LogP contribution >= 0.6 is 11.8 Å². The summed E-state index contributed by atoms with van der Waals surface area (Å²) in [6, 6.07) is 11.8. The van der Waals surface area contributed by atoms with Gasteiger partial charge >= 0.3 is 5.97 Å². The van der Waals surface area contributed by atoms with E-state index < -0.39 is 11.4 Å². The molecule has 8 heteroatoms. The van der Waals surface area contributed by atoms with Crippen molar-refractivity contribution in [2.45, 2.75) is 10.9 Å². The molecule has 0 aliphatic rings. The zero-order valence-electron chi connectivity index (χ0n) is 13.5. The van der Waals surface area contributed by atoms with Gasteiger partial charge in [0.2, 0.25) is 11.2 Å². The van der Waals surface area contributed by atoms with E-state index >= 15 is 0 Å². The molecule has 2 heterocycles. The van der Waals surface area contributed by atoms with E-state index in [1.54, 1.807) is 42.7 Å². The first kappa shape index (κ1) is 17.7. The molecule has 0 saturated carbocycles. The van der Waals surface area contributed by atoms with Crippen molar-refractivity contribution in [3.63, 3.8) is 0 Å². The van der Waals surface area contributed by atoms with E-state index in [9.17, 15) is 9.59 Å². The Morgan fingerprint density at radius 3 is 2.62 bits per heavy atom. The molecule has 1 aromatic carbocycles. The van der Waals surface area contributed by atoms with Crippen molar-refractivity contribution in [3.8, 4) is 11.5 Å². The van der Waals surface area contributed by atoms with Gasteiger partial charge in [0.1, 0.15) is 17.8 Å². The van der Waals surface area contributed by atoms with Crippen LogP contribution in [0.4, 0.5) is 0 Å². The van der Waals surface area contributed by atoms with E-state index in [0.717, 1.165) is 6.26 Å². The zero-order valence-corrected chi connectivity index (χ0v) is 14.3. The molecule has 0 radical (unpaired) electrons. The molecule has 2 aromatic heterocycles. The van der Waals surface area contributed by atoms with Crippen LogP contribution < -0.4 is 14.9 Å². The van der Waals surface area contributed by atoms with Crippen LogP contribution in [0.15, 0.2) is 75.5 Å². The van der Waals surface area contributed by atoms with Gasteiger partial charge in [-0.05, 0) is 18.2 Å². The third-order valence-electron chi connectivity index (χ3n) is 3.06. The number of thioether (sulfide) groups is 1. The molecule has 0 saturated heterocycles. The number of para-hydroxylation sites is 1. The van der Waals surface area contributed by atoms with Gasteiger partial charge in [0.25, 0.3) is 0 Å². The van der Waals surface area contributed by atoms with Crippen LogP contribution in [0.2, 0.25) is 0 Å². The molecule has 0 atom stereocenters. The van der Waals surface area contributed by atoms with Crippen molar-refractivity contribution in [3.05, 3.63) is 77.1 Å². The molecular formula is C18H14N2O5S. The van der Waals surface area contributed by atoms with E-state index in [0.29, 0.717) is 22.4 Å². The lowest BCUT2D eigenvalue weighted by molar-refractivity contribution is -0.136. The lowest BCUT2D eigenvalue weighted by atomic mass is 10.3. The zero-order chi connectivity index (χ0) is 18.2. The molecule has 26 heavy (non-hydrogen) atoms. The molecule has 0 unspecified atom stereocenters. The number of carbonyl (C=O) groups is 1. The molecule has 0 fully saturated rings. The number of hydrogen-bond donors (Lipinski definition) is 0. The minimum Gasteiger partial charge on any atom is -0.482 e. The molecule has 0 amide bonds. The molecule has 3 aromatic rings. The summed E-state index contributed by atoms with van der Waals surface area (Å²) in [5.74, 6) is 0.460. The Hall–Kier alpha value is -3.13. The number of hydrogen-bond acceptors (Lipinski definition) is 8. The third kappa shape index (κ3) is 5.18. The number of ether oxygens (including phenoxy) is 2. The smallest absolute Gasteiger partial charge is 0.349 e. The highest BCUT2D eigenvalue weighted by Crippen LogP contribution is 2.18. The lowest BCUT2D eigenvalue weighted by Crippen LogP contribution is -2.20. The van der Waals surface area contributed by atoms with Crippen molar-refractivity contribution in [2.75, 3.05) is 6.61 Å². The van der Waals surface area contributed by atoms with Crippen molar-refractivity contribution >= 4 is 17.7 Å². The van der Waals surface area contributed by atoms with E-state index in [2.05, 4.69) is 9.97 Å². The number of esters is 1. The van der Waals surface area contributed by atoms with Gasteiger partial charge in [0.05, 0.1) is 5.75 Å². The van der Waals surface area contributed by atoms with Gasteiger partial charge in [0.15, 0.2) is 11.8 Å². The van der Waals surface area contributed by atoms with Crippen molar-refractivity contribution in [1.82, 2.24) is 9.97 Å². The van der Waals surface area contributed by atoms with Crippen LogP contribution in [0.1, 0.15) is 5.76 Å². The summed E-state index contributed by atoms with van der Waals surface area (Å²) < 4.78 is 15.6. The maximum absolute atomic E-state index is 12.0. The maximum Gasteiger partial charge on any atom is 0.349 e. The minimum atomic E-state index is -0.694. The summed E-state index contributed by atoms with van der Waals surface area (Å²) in [5.41, 5.74) is -0.450. The molecule has 0 aliphatic heterocycles. The van der Waals surface area contributed by atoms with E-state index in [1.807, 2.05) is 6.07 Å². The fraction of sp³-hybridized carbons (Fsp3) is 0.111. The van der Waals surface area contributed by atoms with E-state index in [-0.39, 0.29) is 12.4 Å². The summed E-state index contributed by atoms with van der Waals surface area (Å²) in [5, 5.41) is 0.573. The SMILES string of the molecule is O=C(COc1ccccc1)Oc1coc(CSc2ncccn2)cc1=O. The lowest BCUT2D eigenvalue weighted by Gasteiger charge is -2.06. The Labute approximate surface area is 153 Å². The fourth-order valence-corrected chi connectivity index (χ4v) is 2.59. The largest absolute Gasteiger partial charge is 0.482 e. The highest BCUT2D eigenvalue weighted by molar-refractivity contribution is 7.98. The third-order valence-corrected chi connectivity index (χ3v) is 3.96. The van der Waals surface area contributed by atoms with Gasteiger partial charge in [-0.25, -0.2) is 14.8 Å². The topological polar surface area (TPSA) is 91.5 Å². The monoisotopic (exact) mass is 370 g/mol. The Kier molecular flexibility index (Phi) is 6.00. The van der Waals surface area contributed by atoms with Crippen molar-refractivity contribution < 1.29 is 18.7 Å². The minimum absolute atomic E-state index is 0.184. The van der Waals surface area contributed by atoms with Crippen LogP contribution in [0.3, 0.4) is 0 Å². The molecule has 0 bridgehead atoms. The first-order valence-electron chi connectivity index (χ1n) is 7.61. The van der Waals surface area contributed by atoms with Gasteiger partial charge in [-0.15, -0.1) is 0 Å². The Bertz CT molecular complexity index is 916. The molecular weight excluding hydrogens is 356 g/mol. The highest BCUT2D eigenvalue weighted by Gasteiger charge is 2.11. The second kappa shape index (κ2) is 8.82. The van der Waals surface area contributed by atoms with Gasteiger partial charge in [0, 0.05) is 18.5 Å². The van der Waals surface area contributed by atoms with Crippen molar-refractivity contribution in [1.29, 1.82) is 0 Å². The summed E-state index contributed by atoms with van der Waals surface area (Å²) in [6.45, 7) is -0.313. The quantitative estimate of drug-likeness (QED) is 0.356. The second-order valence-electron chi connectivity index (χ2n) is 4.97. The Morgan fingerprint density at radius 2 is 1.88 bits per heavy atom. The first-order chi connectivity index (χ1) is 12.7. The Morgan fingerprint density at radius 1 is 1.12 bits per heavy atom. The average Bonchev–Trinajstić information content (AvgIpc) is 2.68. The molecule has 7 nitrogen and oxygen atoms in total. The number of carbonyl (C=O) groups excluding carboxylic acids is 1. The normalized spacial score (nSPS) is 10.3. The summed E-state index contributed by atoms with van der Waals surface area (Å²) in [4.78, 5) is 32.0. The van der Waals surface area contributed by atoms with Crippen LogP contribution in [0.25, 0.3) is 0 Å². The van der Waals surface area contributed by atoms with Crippen LogP contribution in [0.5, 0.6) is 11.5 Å². The maximum atomic E-state index is 12.0. The average molecular weight is 370 g/mol. The number of benzene rings is 1. The predicted molar refractivity (Wildman–Crippen MR) is 94.1 cm³/mol. The van der Waals surface area contributed by atoms with E-state index in [1.165, 1.54) is 17.8 Å². The summed E-state index contributed by atoms with van der Waals surface area (Å²) in [7, 11) is 0. The standard InChI is InChI=1S/C18H14N2O5S/c21-15-9-14(12-26-18-19-7-4-8-20-18)23-10-16(15)25-17(22)11-24-13-5-2-1-3-6-13/h1-10H,11-12H2. The van der Waals surface area contributed by atoms with Gasteiger partial charge < -0.3 is 13.9 Å². The molecule has 0 aliphatic carbocycles.